The summed E-state index contributed by atoms with van der Waals surface area (Å²) in [5, 5.41) is 9.60. The van der Waals surface area contributed by atoms with E-state index in [0.29, 0.717) is 0 Å². The van der Waals surface area contributed by atoms with Crippen LogP contribution < -0.4 is 0 Å². The van der Waals surface area contributed by atoms with Crippen molar-refractivity contribution in [2.45, 2.75) is 44.2 Å². The lowest BCUT2D eigenvalue weighted by Gasteiger charge is -2.38. The number of ether oxygens (including phenoxy) is 1. The average molecular weight is 379 g/mol. The standard InChI is InChI=1S/C23H25NO4/c1-28-23(27)24(20(14-21(25)26)15-8-2-3-9-15)22-18-12-6-4-10-16(18)17-11-5-7-13-19(17)22/h4-7,10-13,15,20,22H,2-3,8-9,14H2,1H3,(H,25,26)/t20-/m0/s1. The number of nitrogens with zero attached hydrogens (tertiary/aromatic N) is 1. The van der Waals surface area contributed by atoms with Gasteiger partial charge in [-0.3, -0.25) is 9.69 Å². The Morgan fingerprint density at radius 3 is 2.07 bits per heavy atom. The van der Waals surface area contributed by atoms with Crippen LogP contribution in [0.25, 0.3) is 11.1 Å². The second-order valence-electron chi connectivity index (χ2n) is 7.66. The first-order valence-electron chi connectivity index (χ1n) is 9.88. The number of benzene rings is 2. The van der Waals surface area contributed by atoms with E-state index in [1.807, 2.05) is 36.4 Å². The predicted octanol–water partition coefficient (Wildman–Crippen LogP) is 4.86. The lowest BCUT2D eigenvalue weighted by Crippen LogP contribution is -2.47. The Morgan fingerprint density at radius 1 is 1.04 bits per heavy atom. The highest BCUT2D eigenvalue weighted by molar-refractivity contribution is 5.81. The van der Waals surface area contributed by atoms with E-state index in [-0.39, 0.29) is 18.4 Å². The number of hydrogen-bond acceptors (Lipinski definition) is 3. The molecule has 28 heavy (non-hydrogen) atoms. The average Bonchev–Trinajstić information content (AvgIpc) is 3.34. The van der Waals surface area contributed by atoms with Crippen molar-refractivity contribution in [3.8, 4) is 11.1 Å². The van der Waals surface area contributed by atoms with E-state index in [9.17, 15) is 14.7 Å². The topological polar surface area (TPSA) is 66.8 Å². The molecule has 1 fully saturated rings. The van der Waals surface area contributed by atoms with E-state index in [2.05, 4.69) is 12.1 Å². The molecule has 0 aromatic heterocycles. The molecular weight excluding hydrogens is 354 g/mol. The number of hydrogen-bond donors (Lipinski definition) is 1. The highest BCUT2D eigenvalue weighted by Gasteiger charge is 2.43. The van der Waals surface area contributed by atoms with E-state index >= 15 is 0 Å². The minimum atomic E-state index is -0.884. The molecule has 1 atom stereocenters. The Kier molecular flexibility index (Phi) is 5.07. The number of amides is 1. The Labute approximate surface area is 164 Å². The van der Waals surface area contributed by atoms with Gasteiger partial charge in [-0.1, -0.05) is 61.4 Å². The molecule has 0 aliphatic heterocycles. The van der Waals surface area contributed by atoms with Gasteiger partial charge in [0, 0.05) is 6.04 Å². The maximum atomic E-state index is 13.0. The van der Waals surface area contributed by atoms with Gasteiger partial charge in [0.2, 0.25) is 0 Å². The maximum absolute atomic E-state index is 13.0. The third-order valence-electron chi connectivity index (χ3n) is 6.15. The maximum Gasteiger partial charge on any atom is 0.410 e. The van der Waals surface area contributed by atoms with Gasteiger partial charge in [-0.2, -0.15) is 0 Å². The van der Waals surface area contributed by atoms with Gasteiger partial charge >= 0.3 is 12.1 Å². The SMILES string of the molecule is COC(=O)N(C1c2ccccc2-c2ccccc21)[C@@H](CC(=O)O)C1CCCC1. The number of rotatable bonds is 5. The quantitative estimate of drug-likeness (QED) is 0.806. The van der Waals surface area contributed by atoms with E-state index < -0.39 is 18.1 Å². The fraction of sp³-hybridized carbons (Fsp3) is 0.391. The fourth-order valence-corrected chi connectivity index (χ4v) is 4.98. The monoisotopic (exact) mass is 379 g/mol. The van der Waals surface area contributed by atoms with Crippen molar-refractivity contribution in [1.29, 1.82) is 0 Å². The van der Waals surface area contributed by atoms with Gasteiger partial charge in [-0.05, 0) is 41.0 Å². The highest BCUT2D eigenvalue weighted by atomic mass is 16.5. The van der Waals surface area contributed by atoms with E-state index in [1.165, 1.54) is 7.11 Å². The molecule has 2 aliphatic rings. The van der Waals surface area contributed by atoms with Crippen molar-refractivity contribution in [3.05, 3.63) is 59.7 Å². The molecule has 1 saturated carbocycles. The second-order valence-corrected chi connectivity index (χ2v) is 7.66. The summed E-state index contributed by atoms with van der Waals surface area (Å²) < 4.78 is 5.17. The molecule has 1 amide bonds. The number of methoxy groups -OCH3 is 1. The van der Waals surface area contributed by atoms with Crippen LogP contribution in [0.1, 0.15) is 49.3 Å². The van der Waals surface area contributed by atoms with Gasteiger partial charge in [0.15, 0.2) is 0 Å². The van der Waals surface area contributed by atoms with Crippen LogP contribution in [0.5, 0.6) is 0 Å². The minimum Gasteiger partial charge on any atom is -0.481 e. The number of aliphatic carboxylic acids is 1. The summed E-state index contributed by atoms with van der Waals surface area (Å²) >= 11 is 0. The molecule has 0 radical (unpaired) electrons. The van der Waals surface area contributed by atoms with Crippen LogP contribution in [-0.2, 0) is 9.53 Å². The molecule has 2 aliphatic carbocycles. The largest absolute Gasteiger partial charge is 0.481 e. The Balaban J connectivity index is 1.85. The fourth-order valence-electron chi connectivity index (χ4n) is 4.98. The van der Waals surface area contributed by atoms with Gasteiger partial charge in [0.25, 0.3) is 0 Å². The highest BCUT2D eigenvalue weighted by Crippen LogP contribution is 2.48. The molecule has 0 spiro atoms. The lowest BCUT2D eigenvalue weighted by atomic mass is 9.91. The van der Waals surface area contributed by atoms with Crippen LogP contribution in [0.15, 0.2) is 48.5 Å². The first kappa shape index (κ1) is 18.5. The van der Waals surface area contributed by atoms with Crippen LogP contribution >= 0.6 is 0 Å². The number of carboxylic acids is 1. The van der Waals surface area contributed by atoms with E-state index in [1.54, 1.807) is 4.90 Å². The molecule has 0 heterocycles. The van der Waals surface area contributed by atoms with Crippen LogP contribution in [0.3, 0.4) is 0 Å². The third-order valence-corrected chi connectivity index (χ3v) is 6.15. The lowest BCUT2D eigenvalue weighted by molar-refractivity contribution is -0.138. The zero-order valence-corrected chi connectivity index (χ0v) is 16.0. The summed E-state index contributed by atoms with van der Waals surface area (Å²) in [5.74, 6) is -0.708. The number of carbonyl (C=O) groups is 2. The van der Waals surface area contributed by atoms with Crippen molar-refractivity contribution < 1.29 is 19.4 Å². The van der Waals surface area contributed by atoms with Gasteiger partial charge in [-0.25, -0.2) is 4.79 Å². The zero-order valence-electron chi connectivity index (χ0n) is 16.0. The molecule has 146 valence electrons. The molecule has 1 N–H and O–H groups in total. The van der Waals surface area contributed by atoms with Crippen LogP contribution in [0.4, 0.5) is 4.79 Å². The normalized spacial score (nSPS) is 17.0. The summed E-state index contributed by atoms with van der Waals surface area (Å²) in [7, 11) is 1.37. The van der Waals surface area contributed by atoms with Crippen molar-refractivity contribution in [1.82, 2.24) is 4.90 Å². The molecule has 4 rings (SSSR count). The van der Waals surface area contributed by atoms with E-state index in [0.717, 1.165) is 47.9 Å². The summed E-state index contributed by atoms with van der Waals surface area (Å²) in [6, 6.07) is 15.4. The Bertz CT molecular complexity index is 842. The number of carboxylic acid groups (broad SMARTS) is 1. The van der Waals surface area contributed by atoms with Crippen LogP contribution in [-0.4, -0.2) is 35.2 Å². The van der Waals surface area contributed by atoms with Crippen molar-refractivity contribution >= 4 is 12.1 Å². The van der Waals surface area contributed by atoms with Gasteiger partial charge in [0.1, 0.15) is 0 Å². The molecule has 0 saturated heterocycles. The predicted molar refractivity (Wildman–Crippen MR) is 106 cm³/mol. The van der Waals surface area contributed by atoms with Crippen molar-refractivity contribution in [2.24, 2.45) is 5.92 Å². The molecule has 5 heteroatoms. The molecule has 2 aromatic carbocycles. The smallest absolute Gasteiger partial charge is 0.410 e. The van der Waals surface area contributed by atoms with E-state index in [4.69, 9.17) is 4.74 Å². The zero-order chi connectivity index (χ0) is 19.7. The third kappa shape index (κ3) is 3.15. The Hall–Kier alpha value is -2.82. The van der Waals surface area contributed by atoms with Crippen LogP contribution in [0.2, 0.25) is 0 Å². The molecule has 0 unspecified atom stereocenters. The summed E-state index contributed by atoms with van der Waals surface area (Å²) in [6.45, 7) is 0. The molecular formula is C23H25NO4. The summed E-state index contributed by atoms with van der Waals surface area (Å²) in [6.07, 6.45) is 3.51. The Morgan fingerprint density at radius 2 is 1.57 bits per heavy atom. The summed E-state index contributed by atoms with van der Waals surface area (Å²) in [5.41, 5.74) is 4.25. The summed E-state index contributed by atoms with van der Waals surface area (Å²) in [4.78, 5) is 26.4. The van der Waals surface area contributed by atoms with Crippen LogP contribution in [0, 0.1) is 5.92 Å². The number of fused-ring (bicyclic) bond motifs is 3. The molecule has 0 bridgehead atoms. The van der Waals surface area contributed by atoms with Gasteiger partial charge in [-0.15, -0.1) is 0 Å². The number of carbonyl (C=O) groups excluding carboxylic acids is 1. The second kappa shape index (κ2) is 7.66. The van der Waals surface area contributed by atoms with Crippen molar-refractivity contribution in [2.75, 3.05) is 7.11 Å². The minimum absolute atomic E-state index is 0.0688. The first-order valence-corrected chi connectivity index (χ1v) is 9.88. The van der Waals surface area contributed by atoms with Gasteiger partial charge in [0.05, 0.1) is 19.6 Å². The molecule has 5 nitrogen and oxygen atoms in total. The molecule has 2 aromatic rings. The van der Waals surface area contributed by atoms with Crippen molar-refractivity contribution in [3.63, 3.8) is 0 Å². The first-order chi connectivity index (χ1) is 13.6. The van der Waals surface area contributed by atoms with Gasteiger partial charge < -0.3 is 9.84 Å².